The first-order chi connectivity index (χ1) is 10.5. The van der Waals surface area contributed by atoms with Crippen LogP contribution in [-0.4, -0.2) is 50.1 Å². The van der Waals surface area contributed by atoms with E-state index in [2.05, 4.69) is 19.7 Å². The van der Waals surface area contributed by atoms with Crippen LogP contribution in [0, 0.1) is 0 Å². The van der Waals surface area contributed by atoms with E-state index in [1.807, 2.05) is 0 Å². The van der Waals surface area contributed by atoms with Gasteiger partial charge in [-0.15, -0.1) is 0 Å². The number of hydrogen-bond donors (Lipinski definition) is 1. The fraction of sp³-hybridized carbons (Fsp3) is 0.583. The van der Waals surface area contributed by atoms with Crippen molar-refractivity contribution in [1.29, 1.82) is 0 Å². The van der Waals surface area contributed by atoms with Gasteiger partial charge in [0.25, 0.3) is 0 Å². The largest absolute Gasteiger partial charge is 0.466 e. The number of rotatable bonds is 4. The summed E-state index contributed by atoms with van der Waals surface area (Å²) in [5, 5.41) is 9.08. The fourth-order valence-corrected chi connectivity index (χ4v) is 2.32. The van der Waals surface area contributed by atoms with Crippen LogP contribution >= 0.6 is 0 Å². The van der Waals surface area contributed by atoms with Gasteiger partial charge in [-0.1, -0.05) is 0 Å². The van der Waals surface area contributed by atoms with Gasteiger partial charge in [0.2, 0.25) is 5.88 Å². The van der Waals surface area contributed by atoms with Gasteiger partial charge < -0.3 is 14.6 Å². The molecule has 1 aliphatic heterocycles. The third kappa shape index (κ3) is 2.97. The third-order valence-corrected chi connectivity index (χ3v) is 3.30. The molecule has 1 fully saturated rings. The molecule has 7 nitrogen and oxygen atoms in total. The lowest BCUT2D eigenvalue weighted by molar-refractivity contribution is -0.153. The van der Waals surface area contributed by atoms with Crippen LogP contribution in [0.25, 0.3) is 11.2 Å². The molecular weight excluding hydrogens is 305 g/mol. The quantitative estimate of drug-likeness (QED) is 0.918. The molecule has 0 radical (unpaired) electrons. The van der Waals surface area contributed by atoms with Crippen molar-refractivity contribution >= 4 is 11.2 Å². The van der Waals surface area contributed by atoms with Gasteiger partial charge in [0.1, 0.15) is 12.6 Å². The van der Waals surface area contributed by atoms with Gasteiger partial charge in [0.15, 0.2) is 17.8 Å². The summed E-state index contributed by atoms with van der Waals surface area (Å²) in [5.74, 6) is -0.224. The van der Waals surface area contributed by atoms with Gasteiger partial charge in [-0.05, 0) is 12.8 Å². The first kappa shape index (κ1) is 15.0. The Morgan fingerprint density at radius 1 is 1.32 bits per heavy atom. The molecule has 22 heavy (non-hydrogen) atoms. The van der Waals surface area contributed by atoms with Gasteiger partial charge in [-0.3, -0.25) is 4.57 Å². The smallest absolute Gasteiger partial charge is 0.422 e. The second-order valence-electron chi connectivity index (χ2n) is 4.88. The molecule has 2 atom stereocenters. The van der Waals surface area contributed by atoms with Crippen molar-refractivity contribution < 1.29 is 27.8 Å². The molecule has 3 rings (SSSR count). The van der Waals surface area contributed by atoms with Crippen LogP contribution in [0.2, 0.25) is 0 Å². The second-order valence-corrected chi connectivity index (χ2v) is 4.88. The SMILES string of the molecule is OCC1CCC(n2cnc3c(OCC(F)(F)F)ncnc32)O1. The van der Waals surface area contributed by atoms with Crippen LogP contribution in [0.15, 0.2) is 12.7 Å². The van der Waals surface area contributed by atoms with Gasteiger partial charge in [0, 0.05) is 0 Å². The van der Waals surface area contributed by atoms with Gasteiger partial charge in [-0.2, -0.15) is 18.2 Å². The number of imidazole rings is 1. The highest BCUT2D eigenvalue weighted by atomic mass is 19.4. The Hall–Kier alpha value is -1.94. The Kier molecular flexibility index (Phi) is 3.87. The molecule has 120 valence electrons. The zero-order chi connectivity index (χ0) is 15.7. The molecule has 10 heteroatoms. The Balaban J connectivity index is 1.86. The number of alkyl halides is 3. The highest BCUT2D eigenvalue weighted by molar-refractivity contribution is 5.76. The normalized spacial score (nSPS) is 22.4. The Morgan fingerprint density at radius 2 is 2.14 bits per heavy atom. The van der Waals surface area contributed by atoms with E-state index in [-0.39, 0.29) is 30.3 Å². The molecule has 2 aromatic heterocycles. The van der Waals surface area contributed by atoms with Gasteiger partial charge in [0.05, 0.1) is 19.0 Å². The Labute approximate surface area is 122 Å². The number of nitrogens with zero attached hydrogens (tertiary/aromatic N) is 4. The van der Waals surface area contributed by atoms with Crippen LogP contribution in [-0.2, 0) is 4.74 Å². The van der Waals surface area contributed by atoms with E-state index in [1.54, 1.807) is 4.57 Å². The van der Waals surface area contributed by atoms with Crippen LogP contribution in [0.3, 0.4) is 0 Å². The molecule has 1 saturated heterocycles. The summed E-state index contributed by atoms with van der Waals surface area (Å²) in [6.45, 7) is -1.53. The lowest BCUT2D eigenvalue weighted by Crippen LogP contribution is -2.20. The molecule has 0 aliphatic carbocycles. The molecule has 2 aromatic rings. The maximum Gasteiger partial charge on any atom is 0.422 e. The van der Waals surface area contributed by atoms with E-state index in [0.29, 0.717) is 18.5 Å². The van der Waals surface area contributed by atoms with E-state index >= 15 is 0 Å². The molecule has 0 bridgehead atoms. The Bertz CT molecular complexity index is 661. The van der Waals surface area contributed by atoms with E-state index in [9.17, 15) is 13.2 Å². The van der Waals surface area contributed by atoms with Crippen LogP contribution in [0.1, 0.15) is 19.1 Å². The standard InChI is InChI=1S/C12H13F3N4O3/c13-12(14,15)4-21-11-9-10(16-5-17-11)19(6-18-9)8-2-1-7(3-20)22-8/h5-8,20H,1-4H2. The third-order valence-electron chi connectivity index (χ3n) is 3.30. The summed E-state index contributed by atoms with van der Waals surface area (Å²) in [6, 6.07) is 0. The van der Waals surface area contributed by atoms with E-state index in [0.717, 1.165) is 6.33 Å². The van der Waals surface area contributed by atoms with Crippen molar-refractivity contribution in [2.75, 3.05) is 13.2 Å². The summed E-state index contributed by atoms with van der Waals surface area (Å²) in [5.41, 5.74) is 0.471. The van der Waals surface area contributed by atoms with Crippen molar-refractivity contribution in [3.63, 3.8) is 0 Å². The summed E-state index contributed by atoms with van der Waals surface area (Å²) in [4.78, 5) is 11.7. The first-order valence-corrected chi connectivity index (χ1v) is 6.61. The molecule has 0 saturated carbocycles. The molecule has 0 spiro atoms. The van der Waals surface area contributed by atoms with Gasteiger partial charge in [-0.25, -0.2) is 9.97 Å². The zero-order valence-corrected chi connectivity index (χ0v) is 11.3. The van der Waals surface area contributed by atoms with Crippen molar-refractivity contribution in [3.05, 3.63) is 12.7 Å². The maximum absolute atomic E-state index is 12.2. The first-order valence-electron chi connectivity index (χ1n) is 6.61. The predicted molar refractivity (Wildman–Crippen MR) is 67.1 cm³/mol. The lowest BCUT2D eigenvalue weighted by atomic mass is 10.2. The summed E-state index contributed by atoms with van der Waals surface area (Å²) < 4.78 is 48.6. The highest BCUT2D eigenvalue weighted by Gasteiger charge is 2.30. The second kappa shape index (κ2) is 5.69. The summed E-state index contributed by atoms with van der Waals surface area (Å²) >= 11 is 0. The van der Waals surface area contributed by atoms with E-state index in [4.69, 9.17) is 9.84 Å². The monoisotopic (exact) mass is 318 g/mol. The number of aromatic nitrogens is 4. The maximum atomic E-state index is 12.2. The van der Waals surface area contributed by atoms with Crippen molar-refractivity contribution in [3.8, 4) is 5.88 Å². The molecule has 0 amide bonds. The van der Waals surface area contributed by atoms with Crippen LogP contribution in [0.5, 0.6) is 5.88 Å². The number of fused-ring (bicyclic) bond motifs is 1. The van der Waals surface area contributed by atoms with Crippen molar-refractivity contribution in [1.82, 2.24) is 19.5 Å². The average molecular weight is 318 g/mol. The Morgan fingerprint density at radius 3 is 2.82 bits per heavy atom. The molecule has 0 aromatic carbocycles. The highest BCUT2D eigenvalue weighted by Crippen LogP contribution is 2.31. The molecule has 1 N–H and O–H groups in total. The number of aliphatic hydroxyl groups is 1. The minimum Gasteiger partial charge on any atom is -0.466 e. The number of aliphatic hydroxyl groups excluding tert-OH is 1. The van der Waals surface area contributed by atoms with Crippen molar-refractivity contribution in [2.24, 2.45) is 0 Å². The summed E-state index contributed by atoms with van der Waals surface area (Å²) in [7, 11) is 0. The molecule has 2 unspecified atom stereocenters. The number of ether oxygens (including phenoxy) is 2. The topological polar surface area (TPSA) is 82.3 Å². The minimum absolute atomic E-state index is 0.0853. The predicted octanol–water partition coefficient (Wildman–Crippen LogP) is 1.44. The molecular formula is C12H13F3N4O3. The minimum atomic E-state index is -4.46. The summed E-state index contributed by atoms with van der Waals surface area (Å²) in [6.07, 6.45) is -1.21. The van der Waals surface area contributed by atoms with E-state index < -0.39 is 12.8 Å². The van der Waals surface area contributed by atoms with E-state index in [1.165, 1.54) is 6.33 Å². The number of hydrogen-bond acceptors (Lipinski definition) is 6. The van der Waals surface area contributed by atoms with Crippen LogP contribution < -0.4 is 4.74 Å². The van der Waals surface area contributed by atoms with Crippen LogP contribution in [0.4, 0.5) is 13.2 Å². The zero-order valence-electron chi connectivity index (χ0n) is 11.3. The molecule has 3 heterocycles. The average Bonchev–Trinajstić information content (AvgIpc) is 3.10. The van der Waals surface area contributed by atoms with Gasteiger partial charge >= 0.3 is 6.18 Å². The van der Waals surface area contributed by atoms with Crippen molar-refractivity contribution in [2.45, 2.75) is 31.3 Å². The lowest BCUT2D eigenvalue weighted by Gasteiger charge is -2.14. The fourth-order valence-electron chi connectivity index (χ4n) is 2.32. The molecule has 1 aliphatic rings. The number of halogens is 3.